The van der Waals surface area contributed by atoms with Crippen molar-refractivity contribution in [3.63, 3.8) is 0 Å². The number of hydrogen-bond acceptors (Lipinski definition) is 5. The summed E-state index contributed by atoms with van der Waals surface area (Å²) in [4.78, 5) is 11.9. The molecule has 0 atom stereocenters. The molecule has 0 radical (unpaired) electrons. The first-order valence-corrected chi connectivity index (χ1v) is 9.93. The third-order valence-corrected chi connectivity index (χ3v) is 6.33. The fraction of sp³-hybridized carbons (Fsp3) is 0.263. The maximum atomic E-state index is 5.00. The van der Waals surface area contributed by atoms with Gasteiger partial charge in [0.2, 0.25) is 0 Å². The Labute approximate surface area is 150 Å². The highest BCUT2D eigenvalue weighted by molar-refractivity contribution is 8.01. The molecule has 0 saturated carbocycles. The van der Waals surface area contributed by atoms with Crippen LogP contribution in [-0.4, -0.2) is 23.1 Å². The van der Waals surface area contributed by atoms with Crippen LogP contribution in [0.25, 0.3) is 11.3 Å². The van der Waals surface area contributed by atoms with Crippen molar-refractivity contribution >= 4 is 28.2 Å². The lowest BCUT2D eigenvalue weighted by atomic mass is 10.1. The molecule has 5 heteroatoms. The van der Waals surface area contributed by atoms with Gasteiger partial charge in [-0.1, -0.05) is 59.5 Å². The molecular weight excluding hydrogens is 334 g/mol. The van der Waals surface area contributed by atoms with E-state index in [2.05, 4.69) is 40.2 Å². The average Bonchev–Trinajstić information content (AvgIpc) is 3.08. The van der Waals surface area contributed by atoms with Crippen LogP contribution in [0.1, 0.15) is 19.3 Å². The number of benzene rings is 1. The molecule has 1 aliphatic rings. The lowest BCUT2D eigenvalue weighted by Gasteiger charge is -2.25. The van der Waals surface area contributed by atoms with Gasteiger partial charge in [0.1, 0.15) is 5.03 Å². The fourth-order valence-corrected chi connectivity index (χ4v) is 5.10. The fourth-order valence-electron chi connectivity index (χ4n) is 2.87. The SMILES string of the molecule is c1ccc(-c2nc(N3CCCCC3)sc2Sc2ccccn2)cc1. The second-order valence-corrected chi connectivity index (χ2v) is 8.08. The molecule has 3 heterocycles. The van der Waals surface area contributed by atoms with Crippen LogP contribution in [0.3, 0.4) is 0 Å². The second-order valence-electron chi connectivity index (χ2n) is 5.82. The van der Waals surface area contributed by atoms with Crippen LogP contribution in [0.15, 0.2) is 64.0 Å². The summed E-state index contributed by atoms with van der Waals surface area (Å²) in [6.45, 7) is 2.24. The molecule has 2 aromatic heterocycles. The average molecular weight is 354 g/mol. The van der Waals surface area contributed by atoms with E-state index in [0.717, 1.165) is 28.9 Å². The molecule has 0 bridgehead atoms. The second kappa shape index (κ2) is 7.36. The first-order valence-electron chi connectivity index (χ1n) is 8.30. The van der Waals surface area contributed by atoms with Gasteiger partial charge < -0.3 is 4.90 Å². The number of pyridine rings is 1. The van der Waals surface area contributed by atoms with Crippen molar-refractivity contribution in [1.82, 2.24) is 9.97 Å². The Balaban J connectivity index is 1.71. The van der Waals surface area contributed by atoms with Crippen molar-refractivity contribution in [2.24, 2.45) is 0 Å². The number of aromatic nitrogens is 2. The molecule has 122 valence electrons. The predicted octanol–water partition coefficient (Wildman–Crippen LogP) is 5.35. The number of rotatable bonds is 4. The number of piperidine rings is 1. The molecule has 1 saturated heterocycles. The molecule has 0 unspecified atom stereocenters. The smallest absolute Gasteiger partial charge is 0.186 e. The van der Waals surface area contributed by atoms with Crippen molar-refractivity contribution in [3.05, 3.63) is 54.7 Å². The Kier molecular flexibility index (Phi) is 4.81. The first-order chi connectivity index (χ1) is 11.9. The Hall–Kier alpha value is -1.85. The van der Waals surface area contributed by atoms with E-state index in [4.69, 9.17) is 4.98 Å². The van der Waals surface area contributed by atoms with Crippen LogP contribution in [0.4, 0.5) is 5.13 Å². The van der Waals surface area contributed by atoms with E-state index >= 15 is 0 Å². The van der Waals surface area contributed by atoms with Crippen LogP contribution < -0.4 is 4.90 Å². The van der Waals surface area contributed by atoms with E-state index in [1.54, 1.807) is 23.1 Å². The van der Waals surface area contributed by atoms with Crippen molar-refractivity contribution in [2.75, 3.05) is 18.0 Å². The zero-order chi connectivity index (χ0) is 16.2. The third kappa shape index (κ3) is 3.47. The van der Waals surface area contributed by atoms with Crippen LogP contribution in [0, 0.1) is 0 Å². The van der Waals surface area contributed by atoms with Gasteiger partial charge in [0, 0.05) is 24.8 Å². The summed E-state index contributed by atoms with van der Waals surface area (Å²) >= 11 is 3.51. The standard InChI is InChI=1S/C19H19N3S2/c1-3-9-15(10-4-1)17-18(23-16-11-5-6-12-20-16)24-19(21-17)22-13-7-2-8-14-22/h1,3-6,9-12H,2,7-8,13-14H2. The zero-order valence-electron chi connectivity index (χ0n) is 13.4. The van der Waals surface area contributed by atoms with Gasteiger partial charge in [-0.2, -0.15) is 0 Å². The summed E-state index contributed by atoms with van der Waals surface area (Å²) in [5, 5.41) is 2.16. The summed E-state index contributed by atoms with van der Waals surface area (Å²) in [5.41, 5.74) is 2.26. The van der Waals surface area contributed by atoms with E-state index in [-0.39, 0.29) is 0 Å². The summed E-state index contributed by atoms with van der Waals surface area (Å²) in [6.07, 6.45) is 5.71. The molecule has 24 heavy (non-hydrogen) atoms. The van der Waals surface area contributed by atoms with Gasteiger partial charge in [0.25, 0.3) is 0 Å². The molecule has 1 fully saturated rings. The summed E-state index contributed by atoms with van der Waals surface area (Å²) in [5.74, 6) is 0. The molecule has 0 amide bonds. The van der Waals surface area contributed by atoms with Crippen molar-refractivity contribution in [2.45, 2.75) is 28.5 Å². The molecule has 0 aliphatic carbocycles. The van der Waals surface area contributed by atoms with Gasteiger partial charge in [-0.05, 0) is 31.4 Å². The van der Waals surface area contributed by atoms with E-state index in [0.29, 0.717) is 0 Å². The molecule has 1 aliphatic heterocycles. The van der Waals surface area contributed by atoms with Gasteiger partial charge in [0.15, 0.2) is 5.13 Å². The number of nitrogens with zero attached hydrogens (tertiary/aromatic N) is 3. The Morgan fingerprint density at radius 2 is 1.71 bits per heavy atom. The summed E-state index contributed by atoms with van der Waals surface area (Å²) in [6, 6.07) is 16.5. The monoisotopic (exact) mass is 353 g/mol. The maximum absolute atomic E-state index is 5.00. The molecule has 0 N–H and O–H groups in total. The maximum Gasteiger partial charge on any atom is 0.186 e. The van der Waals surface area contributed by atoms with Gasteiger partial charge >= 0.3 is 0 Å². The number of hydrogen-bond donors (Lipinski definition) is 0. The minimum absolute atomic E-state index is 1.02. The van der Waals surface area contributed by atoms with Crippen molar-refractivity contribution in [3.8, 4) is 11.3 Å². The Morgan fingerprint density at radius 1 is 0.917 bits per heavy atom. The number of anilines is 1. The molecular formula is C19H19N3S2. The molecule has 3 nitrogen and oxygen atoms in total. The van der Waals surface area contributed by atoms with Crippen LogP contribution in [-0.2, 0) is 0 Å². The summed E-state index contributed by atoms with van der Waals surface area (Å²) < 4.78 is 1.22. The topological polar surface area (TPSA) is 29.0 Å². The van der Waals surface area contributed by atoms with Crippen LogP contribution >= 0.6 is 23.1 Å². The molecule has 3 aromatic rings. The van der Waals surface area contributed by atoms with Crippen LogP contribution in [0.5, 0.6) is 0 Å². The lowest BCUT2D eigenvalue weighted by Crippen LogP contribution is -2.29. The van der Waals surface area contributed by atoms with E-state index in [1.807, 2.05) is 24.4 Å². The minimum Gasteiger partial charge on any atom is -0.348 e. The van der Waals surface area contributed by atoms with Crippen LogP contribution in [0.2, 0.25) is 0 Å². The van der Waals surface area contributed by atoms with Gasteiger partial charge in [-0.15, -0.1) is 0 Å². The highest BCUT2D eigenvalue weighted by atomic mass is 32.2. The largest absolute Gasteiger partial charge is 0.348 e. The third-order valence-electron chi connectivity index (χ3n) is 4.09. The van der Waals surface area contributed by atoms with Gasteiger partial charge in [0.05, 0.1) is 9.90 Å². The summed E-state index contributed by atoms with van der Waals surface area (Å²) in [7, 11) is 0. The zero-order valence-corrected chi connectivity index (χ0v) is 15.0. The normalized spacial score (nSPS) is 14.8. The van der Waals surface area contributed by atoms with Crippen molar-refractivity contribution in [1.29, 1.82) is 0 Å². The van der Waals surface area contributed by atoms with Gasteiger partial charge in [-0.3, -0.25) is 0 Å². The van der Waals surface area contributed by atoms with E-state index < -0.39 is 0 Å². The van der Waals surface area contributed by atoms with E-state index in [1.165, 1.54) is 29.0 Å². The molecule has 0 spiro atoms. The number of thiazole rings is 1. The van der Waals surface area contributed by atoms with E-state index in [9.17, 15) is 0 Å². The lowest BCUT2D eigenvalue weighted by molar-refractivity contribution is 0.577. The first kappa shape index (κ1) is 15.7. The Morgan fingerprint density at radius 3 is 2.46 bits per heavy atom. The van der Waals surface area contributed by atoms with Crippen molar-refractivity contribution < 1.29 is 0 Å². The predicted molar refractivity (Wildman–Crippen MR) is 102 cm³/mol. The highest BCUT2D eigenvalue weighted by Crippen LogP contribution is 2.42. The van der Waals surface area contributed by atoms with Gasteiger partial charge in [-0.25, -0.2) is 9.97 Å². The highest BCUT2D eigenvalue weighted by Gasteiger charge is 2.20. The quantitative estimate of drug-likeness (QED) is 0.632. The molecule has 1 aromatic carbocycles. The molecule has 4 rings (SSSR count). The minimum atomic E-state index is 1.02. The Bertz CT molecular complexity index is 781.